The van der Waals surface area contributed by atoms with Gasteiger partial charge in [-0.25, -0.2) is 0 Å². The van der Waals surface area contributed by atoms with Gasteiger partial charge in [0, 0.05) is 0 Å². The molecule has 1 heterocycles. The van der Waals surface area contributed by atoms with Crippen molar-refractivity contribution in [3.63, 3.8) is 0 Å². The molecule has 0 amide bonds. The minimum atomic E-state index is 0.531. The SMILES string of the molecule is CCCNCc1ccc(-c2ccccc2-c2nn[n]([Tl])n2)cc1. The number of rotatable bonds is 6. The van der Waals surface area contributed by atoms with Gasteiger partial charge >= 0.3 is 139 Å². The Hall–Kier alpha value is -1.61. The minimum absolute atomic E-state index is 0.531. The van der Waals surface area contributed by atoms with Crippen LogP contribution in [0.1, 0.15) is 18.9 Å². The quantitative estimate of drug-likeness (QED) is 0.421. The monoisotopic (exact) mass is 497 g/mol. The molecule has 0 fully saturated rings. The number of nitrogens with one attached hydrogen (secondary N) is 1. The van der Waals surface area contributed by atoms with Crippen LogP contribution in [0.3, 0.4) is 0 Å². The van der Waals surface area contributed by atoms with Gasteiger partial charge in [-0.2, -0.15) is 0 Å². The van der Waals surface area contributed by atoms with Crippen molar-refractivity contribution in [3.8, 4) is 22.5 Å². The topological polar surface area (TPSA) is 55.6 Å². The van der Waals surface area contributed by atoms with Gasteiger partial charge < -0.3 is 0 Å². The van der Waals surface area contributed by atoms with Crippen molar-refractivity contribution >= 4 is 26.1 Å². The summed E-state index contributed by atoms with van der Waals surface area (Å²) in [6, 6.07) is 16.9. The standard InChI is InChI=1S/C17H18N5.Tl/c1-2-11-18-12-13-7-9-14(10-8-13)15-5-3-4-6-16(15)17-19-21-22-20-17;/h3-10,18H,2,11-12H2,1H3;/q-1;+1. The van der Waals surface area contributed by atoms with Crippen LogP contribution in [0.25, 0.3) is 22.5 Å². The first-order valence-electron chi connectivity index (χ1n) is 7.72. The van der Waals surface area contributed by atoms with E-state index >= 15 is 0 Å². The van der Waals surface area contributed by atoms with Gasteiger partial charge in [-0.15, -0.1) is 0 Å². The zero-order chi connectivity index (χ0) is 16.1. The molecule has 2 aromatic carbocycles. The number of hydrogen-bond donors (Lipinski definition) is 1. The van der Waals surface area contributed by atoms with Gasteiger partial charge in [0.05, 0.1) is 0 Å². The Bertz CT molecular complexity index is 767. The fourth-order valence-electron chi connectivity index (χ4n) is 2.47. The van der Waals surface area contributed by atoms with Crippen molar-refractivity contribution in [2.24, 2.45) is 0 Å². The van der Waals surface area contributed by atoms with Crippen LogP contribution >= 0.6 is 0 Å². The Balaban J connectivity index is 1.87. The normalized spacial score (nSPS) is 10.8. The average molecular weight is 497 g/mol. The third-order valence-electron chi connectivity index (χ3n) is 3.62. The fraction of sp³-hybridized carbons (Fsp3) is 0.235. The summed E-state index contributed by atoms with van der Waals surface area (Å²) >= 11 is 0.531. The molecule has 114 valence electrons. The summed E-state index contributed by atoms with van der Waals surface area (Å²) in [6.45, 7) is 4.14. The van der Waals surface area contributed by atoms with E-state index in [9.17, 15) is 0 Å². The van der Waals surface area contributed by atoms with Crippen LogP contribution in [0.5, 0.6) is 0 Å². The predicted octanol–water partition coefficient (Wildman–Crippen LogP) is 2.44. The number of benzene rings is 2. The number of aromatic nitrogens is 4. The van der Waals surface area contributed by atoms with Crippen LogP contribution in [0.2, 0.25) is 0 Å². The Kier molecular flexibility index (Phi) is 5.50. The van der Waals surface area contributed by atoms with Gasteiger partial charge in [-0.1, -0.05) is 6.92 Å². The molecule has 1 aromatic heterocycles. The summed E-state index contributed by atoms with van der Waals surface area (Å²) < 4.78 is 1.65. The van der Waals surface area contributed by atoms with Crippen LogP contribution in [0.15, 0.2) is 48.5 Å². The van der Waals surface area contributed by atoms with Crippen molar-refractivity contribution < 1.29 is 0 Å². The molecule has 23 heavy (non-hydrogen) atoms. The Morgan fingerprint density at radius 2 is 1.78 bits per heavy atom. The van der Waals surface area contributed by atoms with Crippen LogP contribution in [0.4, 0.5) is 0 Å². The maximum atomic E-state index is 4.39. The molecule has 0 saturated carbocycles. The molecule has 0 aliphatic carbocycles. The molecule has 5 nitrogen and oxygen atoms in total. The summed E-state index contributed by atoms with van der Waals surface area (Å²) in [7, 11) is 0. The molecule has 1 N–H and O–H groups in total. The third-order valence-corrected chi connectivity index (χ3v) is 4.47. The van der Waals surface area contributed by atoms with E-state index in [1.165, 1.54) is 11.1 Å². The molecule has 6 heteroatoms. The van der Waals surface area contributed by atoms with Gasteiger partial charge in [-0.3, -0.25) is 0 Å². The van der Waals surface area contributed by atoms with Gasteiger partial charge in [0.1, 0.15) is 0 Å². The molecule has 3 rings (SSSR count). The van der Waals surface area contributed by atoms with Crippen molar-refractivity contribution in [1.29, 1.82) is 0 Å². The molecule has 0 spiro atoms. The van der Waals surface area contributed by atoms with Crippen molar-refractivity contribution in [1.82, 2.24) is 23.3 Å². The molecule has 0 bridgehead atoms. The van der Waals surface area contributed by atoms with E-state index in [0.717, 1.165) is 30.6 Å². The molecule has 0 aliphatic rings. The van der Waals surface area contributed by atoms with E-state index < -0.39 is 0 Å². The van der Waals surface area contributed by atoms with E-state index in [1.54, 1.807) is 2.61 Å². The Labute approximate surface area is 152 Å². The zero-order valence-corrected chi connectivity index (χ0v) is 17.6. The fourth-order valence-corrected chi connectivity index (χ4v) is 3.10. The van der Waals surface area contributed by atoms with Gasteiger partial charge in [-0.05, 0) is 6.42 Å². The molecule has 0 saturated heterocycles. The zero-order valence-electron chi connectivity index (χ0n) is 13.1. The summed E-state index contributed by atoms with van der Waals surface area (Å²) in [6.07, 6.45) is 1.15. The molecule has 0 unspecified atom stereocenters. The summed E-state index contributed by atoms with van der Waals surface area (Å²) in [4.78, 5) is 0. The van der Waals surface area contributed by atoms with E-state index in [-0.39, 0.29) is 0 Å². The van der Waals surface area contributed by atoms with E-state index in [1.807, 2.05) is 18.2 Å². The Morgan fingerprint density at radius 1 is 1.04 bits per heavy atom. The Morgan fingerprint density at radius 3 is 2.43 bits per heavy atom. The number of tetrazole rings is 1. The second kappa shape index (κ2) is 7.78. The van der Waals surface area contributed by atoms with Crippen molar-refractivity contribution in [2.75, 3.05) is 6.54 Å². The van der Waals surface area contributed by atoms with Gasteiger partial charge in [0.2, 0.25) is 0 Å². The van der Waals surface area contributed by atoms with Crippen LogP contribution in [-0.4, -0.2) is 50.6 Å². The second-order valence-corrected chi connectivity index (χ2v) is 7.15. The second-order valence-electron chi connectivity index (χ2n) is 5.35. The summed E-state index contributed by atoms with van der Waals surface area (Å²) in [5, 5.41) is 16.0. The first kappa shape index (κ1) is 16.3. The van der Waals surface area contributed by atoms with Gasteiger partial charge in [0.25, 0.3) is 0 Å². The van der Waals surface area contributed by atoms with Crippen molar-refractivity contribution in [3.05, 3.63) is 54.1 Å². The molecule has 0 radical (unpaired) electrons. The maximum absolute atomic E-state index is 4.39. The van der Waals surface area contributed by atoms with E-state index in [2.05, 4.69) is 58.0 Å². The predicted molar refractivity (Wildman–Crippen MR) is 91.8 cm³/mol. The molecule has 3 aromatic rings. The molecule has 0 aliphatic heterocycles. The van der Waals surface area contributed by atoms with E-state index in [0.29, 0.717) is 31.9 Å². The van der Waals surface area contributed by atoms with Crippen molar-refractivity contribution in [2.45, 2.75) is 19.9 Å². The first-order valence-corrected chi connectivity index (χ1v) is 9.73. The van der Waals surface area contributed by atoms with Crippen LogP contribution < -0.4 is 5.32 Å². The average Bonchev–Trinajstić information content (AvgIpc) is 3.02. The number of hydrogen-bond acceptors (Lipinski definition) is 4. The van der Waals surface area contributed by atoms with Gasteiger partial charge in [0.15, 0.2) is 0 Å². The van der Waals surface area contributed by atoms with Crippen LogP contribution in [0, 0.1) is 0 Å². The third kappa shape index (κ3) is 4.03. The molecule has 0 atom stereocenters. The molecular formula is C17H18N5Tl. The summed E-state index contributed by atoms with van der Waals surface area (Å²) in [5.74, 6) is 0.691. The first-order chi connectivity index (χ1) is 11.3. The summed E-state index contributed by atoms with van der Waals surface area (Å²) in [5.41, 5.74) is 4.63. The van der Waals surface area contributed by atoms with E-state index in [4.69, 9.17) is 0 Å². The van der Waals surface area contributed by atoms with Crippen LogP contribution in [-0.2, 0) is 6.54 Å². The number of nitrogens with zero attached hydrogens (tertiary/aromatic N) is 4. The molecular weight excluding hydrogens is 479 g/mol.